The predicted octanol–water partition coefficient (Wildman–Crippen LogP) is 1.64. The van der Waals surface area contributed by atoms with Gasteiger partial charge in [0.25, 0.3) is 0 Å². The third kappa shape index (κ3) is 0.611. The lowest BCUT2D eigenvalue weighted by Crippen LogP contribution is -2.09. The second kappa shape index (κ2) is 1.50. The fourth-order valence-corrected chi connectivity index (χ4v) is 1.26. The Kier molecular flexibility index (Phi) is 0.810. The lowest BCUT2D eigenvalue weighted by molar-refractivity contribution is 0.972. The lowest BCUT2D eigenvalue weighted by atomic mass is 10.2. The molecule has 46 valence electrons. The van der Waals surface area contributed by atoms with E-state index < -0.39 is 0 Å². The SMILES string of the molecule is CN1Cc2cccc1c2. The number of hydrogen-bond donors (Lipinski definition) is 0. The van der Waals surface area contributed by atoms with Crippen LogP contribution in [0, 0.1) is 0 Å². The molecule has 0 amide bonds. The summed E-state index contributed by atoms with van der Waals surface area (Å²) in [4.78, 5) is 2.25. The van der Waals surface area contributed by atoms with Gasteiger partial charge in [-0.1, -0.05) is 12.1 Å². The highest BCUT2D eigenvalue weighted by atomic mass is 15.1. The molecule has 0 aliphatic carbocycles. The second-order valence-electron chi connectivity index (χ2n) is 2.53. The second-order valence-corrected chi connectivity index (χ2v) is 2.53. The average Bonchev–Trinajstić information content (AvgIpc) is 2.09. The van der Waals surface area contributed by atoms with Crippen molar-refractivity contribution in [2.75, 3.05) is 11.9 Å². The smallest absolute Gasteiger partial charge is 0.0426 e. The van der Waals surface area contributed by atoms with Gasteiger partial charge < -0.3 is 4.90 Å². The molecule has 1 aromatic carbocycles. The highest BCUT2D eigenvalue weighted by Crippen LogP contribution is 2.23. The van der Waals surface area contributed by atoms with E-state index in [0.717, 1.165) is 6.54 Å². The van der Waals surface area contributed by atoms with Crippen LogP contribution in [0.1, 0.15) is 5.56 Å². The first-order valence-electron chi connectivity index (χ1n) is 3.16. The zero-order valence-electron chi connectivity index (χ0n) is 5.46. The average molecular weight is 119 g/mol. The van der Waals surface area contributed by atoms with E-state index in [2.05, 4.69) is 36.2 Å². The van der Waals surface area contributed by atoms with Crippen molar-refractivity contribution in [1.82, 2.24) is 0 Å². The number of nitrogens with zero attached hydrogens (tertiary/aromatic N) is 1. The number of hydrogen-bond acceptors (Lipinski definition) is 1. The van der Waals surface area contributed by atoms with Gasteiger partial charge in [-0.15, -0.1) is 0 Å². The van der Waals surface area contributed by atoms with Gasteiger partial charge in [0, 0.05) is 19.3 Å². The minimum absolute atomic E-state index is 1.09. The van der Waals surface area contributed by atoms with Crippen LogP contribution in [0.25, 0.3) is 0 Å². The van der Waals surface area contributed by atoms with E-state index in [-0.39, 0.29) is 0 Å². The molecule has 1 nitrogen and oxygen atoms in total. The number of anilines is 1. The number of fused-ring (bicyclic) bond motifs is 2. The van der Waals surface area contributed by atoms with Crippen LogP contribution < -0.4 is 4.90 Å². The van der Waals surface area contributed by atoms with Gasteiger partial charge in [0.05, 0.1) is 0 Å². The van der Waals surface area contributed by atoms with E-state index in [9.17, 15) is 0 Å². The Hall–Kier alpha value is -0.980. The first kappa shape index (κ1) is 4.86. The highest BCUT2D eigenvalue weighted by Gasteiger charge is 2.08. The first-order chi connectivity index (χ1) is 4.36. The quantitative estimate of drug-likeness (QED) is 0.501. The van der Waals surface area contributed by atoms with Crippen molar-refractivity contribution in [2.24, 2.45) is 0 Å². The van der Waals surface area contributed by atoms with Gasteiger partial charge in [-0.3, -0.25) is 0 Å². The predicted molar refractivity (Wildman–Crippen MR) is 38.5 cm³/mol. The van der Waals surface area contributed by atoms with Gasteiger partial charge in [-0.05, 0) is 17.7 Å². The Balaban J connectivity index is 2.56. The Morgan fingerprint density at radius 3 is 3.00 bits per heavy atom. The largest absolute Gasteiger partial charge is 0.370 e. The molecule has 1 aliphatic rings. The number of benzene rings is 1. The van der Waals surface area contributed by atoms with Gasteiger partial charge in [-0.25, -0.2) is 0 Å². The molecule has 2 rings (SSSR count). The topological polar surface area (TPSA) is 3.24 Å². The van der Waals surface area contributed by atoms with Crippen molar-refractivity contribution >= 4 is 5.69 Å². The van der Waals surface area contributed by atoms with Gasteiger partial charge in [0.1, 0.15) is 0 Å². The molecule has 0 radical (unpaired) electrons. The summed E-state index contributed by atoms with van der Waals surface area (Å²) in [5.74, 6) is 0. The molecule has 0 aromatic heterocycles. The molecular formula is C8H9N. The monoisotopic (exact) mass is 119 g/mol. The summed E-state index contributed by atoms with van der Waals surface area (Å²) in [5.41, 5.74) is 2.77. The Morgan fingerprint density at radius 1 is 1.44 bits per heavy atom. The molecule has 1 aliphatic heterocycles. The summed E-state index contributed by atoms with van der Waals surface area (Å²) in [6.45, 7) is 1.09. The minimum Gasteiger partial charge on any atom is -0.370 e. The van der Waals surface area contributed by atoms with Crippen molar-refractivity contribution in [2.45, 2.75) is 6.54 Å². The molecule has 0 saturated carbocycles. The molecule has 0 fully saturated rings. The maximum atomic E-state index is 2.25. The van der Waals surface area contributed by atoms with Gasteiger partial charge in [-0.2, -0.15) is 0 Å². The Labute approximate surface area is 54.9 Å². The van der Waals surface area contributed by atoms with E-state index >= 15 is 0 Å². The van der Waals surface area contributed by atoms with Crippen LogP contribution >= 0.6 is 0 Å². The fourth-order valence-electron chi connectivity index (χ4n) is 1.26. The molecule has 9 heavy (non-hydrogen) atoms. The normalized spacial score (nSPS) is 14.6. The van der Waals surface area contributed by atoms with E-state index in [1.54, 1.807) is 0 Å². The van der Waals surface area contributed by atoms with Crippen LogP contribution in [0.5, 0.6) is 0 Å². The molecule has 0 N–H and O–H groups in total. The standard InChI is InChI=1S/C8H9N/c1-9-6-7-3-2-4-8(9)5-7/h2-5H,6H2,1H3. The van der Waals surface area contributed by atoms with Gasteiger partial charge in [0.2, 0.25) is 0 Å². The number of rotatable bonds is 0. The summed E-state index contributed by atoms with van der Waals surface area (Å²) in [5, 5.41) is 0. The van der Waals surface area contributed by atoms with E-state index in [0.29, 0.717) is 0 Å². The molecule has 1 aromatic rings. The zero-order valence-corrected chi connectivity index (χ0v) is 5.46. The van der Waals surface area contributed by atoms with Crippen LogP contribution in [-0.4, -0.2) is 7.05 Å². The van der Waals surface area contributed by atoms with E-state index in [4.69, 9.17) is 0 Å². The maximum Gasteiger partial charge on any atom is 0.0426 e. The van der Waals surface area contributed by atoms with Gasteiger partial charge >= 0.3 is 0 Å². The van der Waals surface area contributed by atoms with Crippen LogP contribution in [0.2, 0.25) is 0 Å². The summed E-state index contributed by atoms with van der Waals surface area (Å²) in [7, 11) is 2.11. The molecule has 0 atom stereocenters. The summed E-state index contributed by atoms with van der Waals surface area (Å²) in [6, 6.07) is 8.62. The highest BCUT2D eigenvalue weighted by molar-refractivity contribution is 5.53. The molecular weight excluding hydrogens is 110 g/mol. The summed E-state index contributed by atoms with van der Waals surface area (Å²) in [6.07, 6.45) is 0. The van der Waals surface area contributed by atoms with Crippen LogP contribution in [0.4, 0.5) is 5.69 Å². The zero-order chi connectivity index (χ0) is 6.27. The summed E-state index contributed by atoms with van der Waals surface area (Å²) >= 11 is 0. The Bertz CT molecular complexity index is 230. The minimum atomic E-state index is 1.09. The van der Waals surface area contributed by atoms with E-state index in [1.165, 1.54) is 11.3 Å². The molecule has 0 saturated heterocycles. The Morgan fingerprint density at radius 2 is 2.33 bits per heavy atom. The van der Waals surface area contributed by atoms with Crippen molar-refractivity contribution in [1.29, 1.82) is 0 Å². The lowest BCUT2D eigenvalue weighted by Gasteiger charge is -2.08. The first-order valence-corrected chi connectivity index (χ1v) is 3.16. The molecule has 0 spiro atoms. The molecule has 1 heterocycles. The fraction of sp³-hybridized carbons (Fsp3) is 0.250. The van der Waals surface area contributed by atoms with Crippen molar-refractivity contribution in [3.63, 3.8) is 0 Å². The van der Waals surface area contributed by atoms with Crippen molar-refractivity contribution in [3.8, 4) is 0 Å². The van der Waals surface area contributed by atoms with Crippen molar-refractivity contribution in [3.05, 3.63) is 29.8 Å². The molecule has 2 bridgehead atoms. The maximum absolute atomic E-state index is 2.25. The molecule has 0 unspecified atom stereocenters. The van der Waals surface area contributed by atoms with Crippen LogP contribution in [-0.2, 0) is 6.54 Å². The third-order valence-corrected chi connectivity index (χ3v) is 1.77. The van der Waals surface area contributed by atoms with Crippen LogP contribution in [0.3, 0.4) is 0 Å². The third-order valence-electron chi connectivity index (χ3n) is 1.77. The van der Waals surface area contributed by atoms with Crippen LogP contribution in [0.15, 0.2) is 24.3 Å². The molecule has 1 heteroatoms. The van der Waals surface area contributed by atoms with Crippen molar-refractivity contribution < 1.29 is 0 Å². The van der Waals surface area contributed by atoms with E-state index in [1.807, 2.05) is 0 Å². The van der Waals surface area contributed by atoms with Gasteiger partial charge in [0.15, 0.2) is 0 Å². The summed E-state index contributed by atoms with van der Waals surface area (Å²) < 4.78 is 0.